The van der Waals surface area contributed by atoms with Crippen molar-refractivity contribution < 1.29 is 24.5 Å². The molecule has 0 radical (unpaired) electrons. The van der Waals surface area contributed by atoms with Gasteiger partial charge in [0.15, 0.2) is 6.10 Å². The Morgan fingerprint density at radius 3 is 2.43 bits per heavy atom. The summed E-state index contributed by atoms with van der Waals surface area (Å²) in [4.78, 5) is 21.1. The van der Waals surface area contributed by atoms with Crippen molar-refractivity contribution in [2.45, 2.75) is 26.1 Å². The minimum absolute atomic E-state index is 0.0647. The summed E-state index contributed by atoms with van der Waals surface area (Å²) < 4.78 is 4.96. The van der Waals surface area contributed by atoms with E-state index >= 15 is 0 Å². The van der Waals surface area contributed by atoms with E-state index in [1.807, 2.05) is 0 Å². The van der Waals surface area contributed by atoms with Crippen LogP contribution in [0.2, 0.25) is 0 Å². The van der Waals surface area contributed by atoms with Crippen molar-refractivity contribution in [3.8, 4) is 0 Å². The first kappa shape index (κ1) is 12.9. The Balaban J connectivity index is 3.59. The summed E-state index contributed by atoms with van der Waals surface area (Å²) in [7, 11) is 0. The van der Waals surface area contributed by atoms with Crippen LogP contribution in [-0.4, -0.2) is 47.4 Å². The zero-order chi connectivity index (χ0) is 11.1. The molecule has 6 nitrogen and oxygen atoms in total. The minimum Gasteiger partial charge on any atom is -0.479 e. The molecule has 14 heavy (non-hydrogen) atoms. The van der Waals surface area contributed by atoms with E-state index in [9.17, 15) is 9.59 Å². The second-order valence-electron chi connectivity index (χ2n) is 3.02. The average molecular weight is 205 g/mol. The molecule has 0 aliphatic rings. The van der Waals surface area contributed by atoms with Crippen LogP contribution in [0.4, 0.5) is 0 Å². The Labute approximate surface area is 81.9 Å². The van der Waals surface area contributed by atoms with Gasteiger partial charge in [0.25, 0.3) is 0 Å². The average Bonchev–Trinajstić information content (AvgIpc) is 2.10. The van der Waals surface area contributed by atoms with Crippen LogP contribution in [-0.2, 0) is 14.3 Å². The fourth-order valence-corrected chi connectivity index (χ4v) is 0.591. The van der Waals surface area contributed by atoms with Crippen LogP contribution in [0.5, 0.6) is 0 Å². The number of aliphatic hydroxyl groups excluding tert-OH is 1. The van der Waals surface area contributed by atoms with E-state index in [0.717, 1.165) is 0 Å². The van der Waals surface area contributed by atoms with Gasteiger partial charge in [0, 0.05) is 0 Å². The molecule has 0 aromatic heterocycles. The highest BCUT2D eigenvalue weighted by Gasteiger charge is 2.13. The van der Waals surface area contributed by atoms with Gasteiger partial charge in [-0.15, -0.1) is 0 Å². The third-order valence-electron chi connectivity index (χ3n) is 1.33. The Morgan fingerprint density at radius 1 is 1.43 bits per heavy atom. The number of aliphatic hydroxyl groups is 1. The van der Waals surface area contributed by atoms with Crippen LogP contribution in [0.1, 0.15) is 13.8 Å². The third-order valence-corrected chi connectivity index (χ3v) is 1.33. The molecular weight excluding hydrogens is 190 g/mol. The fraction of sp³-hybridized carbons (Fsp3) is 0.750. The summed E-state index contributed by atoms with van der Waals surface area (Å²) in [5.74, 6) is -1.81. The molecule has 0 saturated heterocycles. The Kier molecular flexibility index (Phi) is 5.82. The standard InChI is InChI=1S/C8H15NO5/c1-5(2)14-4-7(11)9-3-6(10)8(12)13/h5-6,10H,3-4H2,1-2H3,(H,9,11)(H,12,13)/t6-/m0/s1. The maximum absolute atomic E-state index is 10.9. The van der Waals surface area contributed by atoms with Gasteiger partial charge in [-0.25, -0.2) is 4.79 Å². The lowest BCUT2D eigenvalue weighted by Crippen LogP contribution is -2.38. The zero-order valence-corrected chi connectivity index (χ0v) is 8.19. The van der Waals surface area contributed by atoms with Gasteiger partial charge in [-0.05, 0) is 13.8 Å². The molecule has 6 heteroatoms. The van der Waals surface area contributed by atoms with E-state index in [0.29, 0.717) is 0 Å². The molecule has 0 heterocycles. The van der Waals surface area contributed by atoms with Gasteiger partial charge in [0.2, 0.25) is 5.91 Å². The normalized spacial score (nSPS) is 12.6. The van der Waals surface area contributed by atoms with Gasteiger partial charge in [0.05, 0.1) is 12.6 Å². The SMILES string of the molecule is CC(C)OCC(=O)NC[C@H](O)C(=O)O. The van der Waals surface area contributed by atoms with E-state index < -0.39 is 18.0 Å². The smallest absolute Gasteiger partial charge is 0.334 e. The van der Waals surface area contributed by atoms with E-state index in [4.69, 9.17) is 14.9 Å². The highest BCUT2D eigenvalue weighted by atomic mass is 16.5. The monoisotopic (exact) mass is 205 g/mol. The first-order valence-electron chi connectivity index (χ1n) is 4.22. The third kappa shape index (κ3) is 6.38. The zero-order valence-electron chi connectivity index (χ0n) is 8.19. The van der Waals surface area contributed by atoms with Crippen molar-refractivity contribution >= 4 is 11.9 Å². The number of carboxylic acid groups (broad SMARTS) is 1. The molecule has 0 unspecified atom stereocenters. The number of ether oxygens (including phenoxy) is 1. The minimum atomic E-state index is -1.57. The first-order chi connectivity index (χ1) is 6.43. The topological polar surface area (TPSA) is 95.9 Å². The van der Waals surface area contributed by atoms with Gasteiger partial charge < -0.3 is 20.3 Å². The number of amides is 1. The van der Waals surface area contributed by atoms with E-state index in [-0.39, 0.29) is 19.3 Å². The van der Waals surface area contributed by atoms with Crippen molar-refractivity contribution in [1.29, 1.82) is 0 Å². The number of hydrogen-bond donors (Lipinski definition) is 3. The predicted molar refractivity (Wildman–Crippen MR) is 47.7 cm³/mol. The van der Waals surface area contributed by atoms with Gasteiger partial charge in [-0.2, -0.15) is 0 Å². The Morgan fingerprint density at radius 2 is 2.00 bits per heavy atom. The van der Waals surface area contributed by atoms with Gasteiger partial charge >= 0.3 is 5.97 Å². The van der Waals surface area contributed by atoms with Crippen molar-refractivity contribution in [3.63, 3.8) is 0 Å². The molecule has 1 atom stereocenters. The van der Waals surface area contributed by atoms with Crippen LogP contribution in [0, 0.1) is 0 Å². The summed E-state index contributed by atoms with van der Waals surface area (Å²) in [5, 5.41) is 19.3. The second kappa shape index (κ2) is 6.33. The fourth-order valence-electron chi connectivity index (χ4n) is 0.591. The van der Waals surface area contributed by atoms with Crippen LogP contribution in [0.3, 0.4) is 0 Å². The molecule has 0 saturated carbocycles. The summed E-state index contributed by atoms with van der Waals surface area (Å²) in [6.07, 6.45) is -1.64. The summed E-state index contributed by atoms with van der Waals surface area (Å²) >= 11 is 0. The number of carboxylic acids is 1. The van der Waals surface area contributed by atoms with Gasteiger partial charge in [0.1, 0.15) is 6.61 Å². The van der Waals surface area contributed by atoms with E-state index in [2.05, 4.69) is 5.32 Å². The number of rotatable bonds is 6. The van der Waals surface area contributed by atoms with Gasteiger partial charge in [-0.3, -0.25) is 4.79 Å². The second-order valence-corrected chi connectivity index (χ2v) is 3.02. The summed E-state index contributed by atoms with van der Waals surface area (Å²) in [6, 6.07) is 0. The Hall–Kier alpha value is -1.14. The van der Waals surface area contributed by atoms with E-state index in [1.165, 1.54) is 0 Å². The lowest BCUT2D eigenvalue weighted by molar-refractivity contribution is -0.146. The molecule has 82 valence electrons. The van der Waals surface area contributed by atoms with Crippen LogP contribution in [0.25, 0.3) is 0 Å². The predicted octanol–water partition coefficient (Wildman–Crippen LogP) is -1.03. The number of aliphatic carboxylic acids is 1. The largest absolute Gasteiger partial charge is 0.479 e. The molecule has 0 aliphatic heterocycles. The van der Waals surface area contributed by atoms with Gasteiger partial charge in [-0.1, -0.05) is 0 Å². The molecule has 1 amide bonds. The molecule has 0 spiro atoms. The molecule has 3 N–H and O–H groups in total. The number of carbonyl (C=O) groups is 2. The molecule has 0 aliphatic carbocycles. The molecule has 0 fully saturated rings. The first-order valence-corrected chi connectivity index (χ1v) is 4.22. The maximum Gasteiger partial charge on any atom is 0.334 e. The van der Waals surface area contributed by atoms with Crippen molar-refractivity contribution in [1.82, 2.24) is 5.32 Å². The highest BCUT2D eigenvalue weighted by Crippen LogP contribution is 1.86. The van der Waals surface area contributed by atoms with Crippen LogP contribution >= 0.6 is 0 Å². The van der Waals surface area contributed by atoms with E-state index in [1.54, 1.807) is 13.8 Å². The molecular formula is C8H15NO5. The highest BCUT2D eigenvalue weighted by molar-refractivity contribution is 5.78. The molecule has 0 bridgehead atoms. The van der Waals surface area contributed by atoms with Crippen molar-refractivity contribution in [3.05, 3.63) is 0 Å². The van der Waals surface area contributed by atoms with Crippen molar-refractivity contribution in [2.24, 2.45) is 0 Å². The number of carbonyl (C=O) groups excluding carboxylic acids is 1. The maximum atomic E-state index is 10.9. The molecule has 0 aromatic rings. The van der Waals surface area contributed by atoms with Crippen molar-refractivity contribution in [2.75, 3.05) is 13.2 Å². The quantitative estimate of drug-likeness (QED) is 0.515. The lowest BCUT2D eigenvalue weighted by Gasteiger charge is -2.09. The lowest BCUT2D eigenvalue weighted by atomic mass is 10.3. The summed E-state index contributed by atoms with van der Waals surface area (Å²) in [6.45, 7) is 3.11. The number of hydrogen-bond acceptors (Lipinski definition) is 4. The number of nitrogens with one attached hydrogen (secondary N) is 1. The molecule has 0 aromatic carbocycles. The summed E-state index contributed by atoms with van der Waals surface area (Å²) in [5.41, 5.74) is 0. The van der Waals surface area contributed by atoms with Crippen LogP contribution in [0.15, 0.2) is 0 Å². The Bertz CT molecular complexity index is 204. The molecule has 0 rings (SSSR count). The van der Waals surface area contributed by atoms with Crippen LogP contribution < -0.4 is 5.32 Å².